The van der Waals surface area contributed by atoms with Gasteiger partial charge in [-0.3, -0.25) is 9.10 Å². The average molecular weight is 637 g/mol. The van der Waals surface area contributed by atoms with Gasteiger partial charge in [0.1, 0.15) is 16.8 Å². The molecule has 5 rings (SSSR count). The second-order valence-corrected chi connectivity index (χ2v) is 15.1. The Labute approximate surface area is 246 Å². The third-order valence-electron chi connectivity index (χ3n) is 6.88. The summed E-state index contributed by atoms with van der Waals surface area (Å²) < 4.78 is 53.6. The number of carbonyl (C=O) groups excluding carboxylic acids is 1. The number of aromatic nitrogens is 3. The first-order valence-corrected chi connectivity index (χ1v) is 16.8. The van der Waals surface area contributed by atoms with E-state index in [9.17, 15) is 26.9 Å². The van der Waals surface area contributed by atoms with Gasteiger partial charge in [-0.15, -0.1) is 0 Å². The summed E-state index contributed by atoms with van der Waals surface area (Å²) in [5, 5.41) is 9.30. The molecule has 3 aromatic rings. The quantitative estimate of drug-likeness (QED) is 0.391. The maximum atomic E-state index is 13.5. The third kappa shape index (κ3) is 5.60. The van der Waals surface area contributed by atoms with Crippen molar-refractivity contribution < 1.29 is 21.6 Å². The van der Waals surface area contributed by atoms with E-state index in [2.05, 4.69) is 15.0 Å². The summed E-state index contributed by atoms with van der Waals surface area (Å²) in [6, 6.07) is 8.23. The summed E-state index contributed by atoms with van der Waals surface area (Å²) in [6.45, 7) is 3.19. The number of aryl methyl sites for hydroxylation is 1. The van der Waals surface area contributed by atoms with Crippen molar-refractivity contribution in [1.82, 2.24) is 19.3 Å². The normalized spacial score (nSPS) is 16.0. The van der Waals surface area contributed by atoms with Crippen molar-refractivity contribution in [2.75, 3.05) is 60.1 Å². The molecule has 2 aromatic heterocycles. The molecule has 2 aliphatic rings. The number of rotatable bonds is 6. The molecule has 1 fully saturated rings. The number of fused-ring (bicyclic) bond motifs is 1. The highest BCUT2D eigenvalue weighted by atomic mass is 35.5. The summed E-state index contributed by atoms with van der Waals surface area (Å²) in [5.74, 6) is -0.129. The van der Waals surface area contributed by atoms with Gasteiger partial charge in [0.25, 0.3) is 5.91 Å². The number of nitriles is 1. The number of amides is 1. The van der Waals surface area contributed by atoms with Crippen LogP contribution in [0.25, 0.3) is 0 Å². The first-order chi connectivity index (χ1) is 19.3. The fraction of sp³-hybridized carbons (Fsp3) is 0.375. The largest absolute Gasteiger partial charge is 0.338 e. The van der Waals surface area contributed by atoms with Gasteiger partial charge in [-0.25, -0.2) is 31.8 Å². The van der Waals surface area contributed by atoms with Crippen molar-refractivity contribution in [3.05, 3.63) is 51.4 Å². The number of benzene rings is 1. The lowest BCUT2D eigenvalue weighted by molar-refractivity contribution is 0.0986. The van der Waals surface area contributed by atoms with E-state index in [1.807, 2.05) is 11.0 Å². The zero-order chi connectivity index (χ0) is 29.7. The van der Waals surface area contributed by atoms with Crippen molar-refractivity contribution in [3.8, 4) is 6.07 Å². The van der Waals surface area contributed by atoms with Crippen molar-refractivity contribution >= 4 is 65.5 Å². The molecule has 0 unspecified atom stereocenters. The molecule has 4 heterocycles. The topological polar surface area (TPSA) is 161 Å². The fourth-order valence-electron chi connectivity index (χ4n) is 4.70. The zero-order valence-electron chi connectivity index (χ0n) is 22.3. The van der Waals surface area contributed by atoms with Crippen molar-refractivity contribution in [2.45, 2.75) is 18.2 Å². The molecular formula is C24H25ClN8O5S3. The molecule has 0 bridgehead atoms. The molecule has 0 atom stereocenters. The van der Waals surface area contributed by atoms with E-state index in [1.54, 1.807) is 25.1 Å². The van der Waals surface area contributed by atoms with Crippen LogP contribution in [0.1, 0.15) is 27.4 Å². The van der Waals surface area contributed by atoms with E-state index < -0.39 is 26.0 Å². The highest BCUT2D eigenvalue weighted by Gasteiger charge is 2.34. The molecular weight excluding hydrogens is 612 g/mol. The maximum absolute atomic E-state index is 13.5. The lowest BCUT2D eigenvalue weighted by atomic mass is 10.2. The first kappa shape index (κ1) is 29.1. The molecule has 216 valence electrons. The van der Waals surface area contributed by atoms with Crippen LogP contribution in [0, 0.1) is 18.3 Å². The molecule has 0 saturated carbocycles. The maximum Gasteiger partial charge on any atom is 0.280 e. The molecule has 41 heavy (non-hydrogen) atoms. The van der Waals surface area contributed by atoms with Crippen LogP contribution in [0.2, 0.25) is 4.47 Å². The Hall–Kier alpha value is -3.36. The van der Waals surface area contributed by atoms with E-state index in [0.29, 0.717) is 42.4 Å². The minimum Gasteiger partial charge on any atom is -0.338 e. The highest BCUT2D eigenvalue weighted by Crippen LogP contribution is 2.37. The van der Waals surface area contributed by atoms with Gasteiger partial charge in [-0.2, -0.15) is 9.57 Å². The van der Waals surface area contributed by atoms with Gasteiger partial charge < -0.3 is 9.80 Å². The van der Waals surface area contributed by atoms with Gasteiger partial charge in [-0.1, -0.05) is 22.9 Å². The van der Waals surface area contributed by atoms with Gasteiger partial charge in [0, 0.05) is 51.2 Å². The molecule has 0 radical (unpaired) electrons. The van der Waals surface area contributed by atoms with E-state index in [-0.39, 0.29) is 45.4 Å². The standard InChI is InChI=1S/C24H25ClN8O5S3/c1-15-12-17(14-26)28-24(27-15)31-8-10-32(11-9-31)41(37,38)18-4-5-19-16(13-18)6-7-33(19)21(34)20-22(39-23(25)29-20)30(2)40(3,35)36/h4-5,12-13H,6-11H2,1-3H3. The van der Waals surface area contributed by atoms with Crippen LogP contribution >= 0.6 is 22.9 Å². The lowest BCUT2D eigenvalue weighted by Gasteiger charge is -2.34. The summed E-state index contributed by atoms with van der Waals surface area (Å²) in [5.41, 5.74) is 2.03. The van der Waals surface area contributed by atoms with E-state index in [1.165, 1.54) is 22.3 Å². The summed E-state index contributed by atoms with van der Waals surface area (Å²) in [6.07, 6.45) is 1.43. The molecule has 0 spiro atoms. The molecule has 13 nitrogen and oxygen atoms in total. The summed E-state index contributed by atoms with van der Waals surface area (Å²) in [4.78, 5) is 29.6. The van der Waals surface area contributed by atoms with Crippen LogP contribution in [-0.2, 0) is 26.5 Å². The number of anilines is 3. The number of nitrogens with zero attached hydrogens (tertiary/aromatic N) is 8. The molecule has 2 aliphatic heterocycles. The van der Waals surface area contributed by atoms with Crippen LogP contribution in [0.5, 0.6) is 0 Å². The number of halogens is 1. The van der Waals surface area contributed by atoms with E-state index in [4.69, 9.17) is 11.6 Å². The number of hydrogen-bond donors (Lipinski definition) is 0. The van der Waals surface area contributed by atoms with Crippen LogP contribution in [-0.4, -0.2) is 88.0 Å². The molecule has 0 N–H and O–H groups in total. The number of sulfonamides is 2. The Morgan fingerprint density at radius 3 is 2.44 bits per heavy atom. The van der Waals surface area contributed by atoms with Gasteiger partial charge in [0.15, 0.2) is 10.2 Å². The predicted molar refractivity (Wildman–Crippen MR) is 155 cm³/mol. The Bertz CT molecular complexity index is 1800. The van der Waals surface area contributed by atoms with Crippen LogP contribution in [0.3, 0.4) is 0 Å². The molecule has 1 amide bonds. The molecule has 0 aliphatic carbocycles. The monoisotopic (exact) mass is 636 g/mol. The van der Waals surface area contributed by atoms with Crippen molar-refractivity contribution in [2.24, 2.45) is 0 Å². The SMILES string of the molecule is Cc1cc(C#N)nc(N2CCN(S(=O)(=O)c3ccc4c(c3)CCN4C(=O)c3nc(Cl)sc3N(C)S(C)(=O)=O)CC2)n1. The number of piperazine rings is 1. The predicted octanol–water partition coefficient (Wildman–Crippen LogP) is 1.88. The highest BCUT2D eigenvalue weighted by molar-refractivity contribution is 7.92. The number of carbonyl (C=O) groups is 1. The Morgan fingerprint density at radius 2 is 1.78 bits per heavy atom. The van der Waals surface area contributed by atoms with Crippen LogP contribution < -0.4 is 14.1 Å². The van der Waals surface area contributed by atoms with Gasteiger partial charge in [0.2, 0.25) is 26.0 Å². The molecule has 1 aromatic carbocycles. The first-order valence-electron chi connectivity index (χ1n) is 12.4. The summed E-state index contributed by atoms with van der Waals surface area (Å²) >= 11 is 6.92. The number of hydrogen-bond acceptors (Lipinski definition) is 11. The Kier molecular flexibility index (Phi) is 7.68. The van der Waals surface area contributed by atoms with Gasteiger partial charge in [-0.05, 0) is 43.2 Å². The third-order valence-corrected chi connectivity index (χ3v) is 11.3. The van der Waals surface area contributed by atoms with E-state index in [0.717, 1.165) is 21.9 Å². The lowest BCUT2D eigenvalue weighted by Crippen LogP contribution is -2.49. The van der Waals surface area contributed by atoms with E-state index >= 15 is 0 Å². The number of thiazole rings is 1. The molecule has 1 saturated heterocycles. The minimum atomic E-state index is -3.82. The van der Waals surface area contributed by atoms with Crippen molar-refractivity contribution in [1.29, 1.82) is 5.26 Å². The second kappa shape index (κ2) is 10.8. The Morgan fingerprint density at radius 1 is 1.07 bits per heavy atom. The van der Waals surface area contributed by atoms with Crippen molar-refractivity contribution in [3.63, 3.8) is 0 Å². The van der Waals surface area contributed by atoms with Gasteiger partial charge >= 0.3 is 0 Å². The minimum absolute atomic E-state index is 0.0271. The fourth-order valence-corrected chi connectivity index (χ4v) is 8.03. The average Bonchev–Trinajstić information content (AvgIpc) is 3.54. The molecule has 17 heteroatoms. The second-order valence-electron chi connectivity index (χ2n) is 9.55. The zero-order valence-corrected chi connectivity index (χ0v) is 25.5. The van der Waals surface area contributed by atoms with Gasteiger partial charge in [0.05, 0.1) is 11.2 Å². The smallest absolute Gasteiger partial charge is 0.280 e. The Balaban J connectivity index is 1.34. The van der Waals surface area contributed by atoms with Crippen LogP contribution in [0.4, 0.5) is 16.6 Å². The summed E-state index contributed by atoms with van der Waals surface area (Å²) in [7, 11) is -6.16. The van der Waals surface area contributed by atoms with Crippen LogP contribution in [0.15, 0.2) is 29.2 Å².